The van der Waals surface area contributed by atoms with Crippen molar-refractivity contribution in [3.8, 4) is 17.5 Å². The van der Waals surface area contributed by atoms with Crippen LogP contribution in [0.4, 0.5) is 5.95 Å². The highest BCUT2D eigenvalue weighted by Gasteiger charge is 2.22. The van der Waals surface area contributed by atoms with Crippen molar-refractivity contribution in [2.75, 3.05) is 26.1 Å². The molecule has 0 fully saturated rings. The van der Waals surface area contributed by atoms with E-state index in [1.54, 1.807) is 20.3 Å². The second-order valence-electron chi connectivity index (χ2n) is 4.65. The van der Waals surface area contributed by atoms with Gasteiger partial charge < -0.3 is 19.5 Å². The summed E-state index contributed by atoms with van der Waals surface area (Å²) in [6.07, 6.45) is 0.847. The summed E-state index contributed by atoms with van der Waals surface area (Å²) >= 11 is 0. The Bertz CT molecular complexity index is 611. The van der Waals surface area contributed by atoms with Crippen LogP contribution in [0.15, 0.2) is 30.3 Å². The van der Waals surface area contributed by atoms with Crippen molar-refractivity contribution < 1.29 is 14.2 Å². The number of methoxy groups -OCH3 is 2. The molecule has 1 aromatic heterocycles. The van der Waals surface area contributed by atoms with Crippen molar-refractivity contribution in [3.05, 3.63) is 35.9 Å². The molecule has 1 atom stereocenters. The lowest BCUT2D eigenvalue weighted by Gasteiger charge is -2.26. The standard InChI is InChI=1S/C15H17N3O3/c1-19-13-9-14(20-2)18-15(17-13)16-11-7-8-21-12-6-4-3-5-10(11)12/h3-6,9,11H,7-8H2,1-2H3,(H,16,17,18). The fourth-order valence-electron chi connectivity index (χ4n) is 2.33. The Morgan fingerprint density at radius 3 is 2.57 bits per heavy atom. The molecule has 2 aromatic rings. The molecule has 0 radical (unpaired) electrons. The molecule has 6 heteroatoms. The van der Waals surface area contributed by atoms with E-state index in [-0.39, 0.29) is 6.04 Å². The highest BCUT2D eigenvalue weighted by molar-refractivity contribution is 5.43. The van der Waals surface area contributed by atoms with E-state index < -0.39 is 0 Å². The molecule has 1 aromatic carbocycles. The van der Waals surface area contributed by atoms with Gasteiger partial charge in [0.2, 0.25) is 17.7 Å². The lowest BCUT2D eigenvalue weighted by Crippen LogP contribution is -2.21. The number of rotatable bonds is 4. The SMILES string of the molecule is COc1cc(OC)nc(NC2CCOc3ccccc32)n1. The zero-order valence-corrected chi connectivity index (χ0v) is 12.0. The van der Waals surface area contributed by atoms with Crippen LogP contribution in [-0.2, 0) is 0 Å². The molecular weight excluding hydrogens is 270 g/mol. The van der Waals surface area contributed by atoms with Crippen molar-refractivity contribution in [2.45, 2.75) is 12.5 Å². The van der Waals surface area contributed by atoms with Crippen LogP contribution in [0.2, 0.25) is 0 Å². The summed E-state index contributed by atoms with van der Waals surface area (Å²) in [6.45, 7) is 0.662. The first kappa shape index (κ1) is 13.5. The minimum Gasteiger partial charge on any atom is -0.493 e. The highest BCUT2D eigenvalue weighted by atomic mass is 16.5. The van der Waals surface area contributed by atoms with Crippen LogP contribution in [0.1, 0.15) is 18.0 Å². The molecule has 0 saturated carbocycles. The van der Waals surface area contributed by atoms with Crippen molar-refractivity contribution in [3.63, 3.8) is 0 Å². The van der Waals surface area contributed by atoms with E-state index in [0.29, 0.717) is 24.3 Å². The van der Waals surface area contributed by atoms with E-state index in [9.17, 15) is 0 Å². The summed E-state index contributed by atoms with van der Waals surface area (Å²) in [4.78, 5) is 8.60. The second kappa shape index (κ2) is 5.87. The average Bonchev–Trinajstić information content (AvgIpc) is 2.55. The zero-order valence-electron chi connectivity index (χ0n) is 12.0. The second-order valence-corrected chi connectivity index (χ2v) is 4.65. The molecule has 6 nitrogen and oxygen atoms in total. The van der Waals surface area contributed by atoms with Crippen LogP contribution in [0.3, 0.4) is 0 Å². The zero-order chi connectivity index (χ0) is 14.7. The lowest BCUT2D eigenvalue weighted by molar-refractivity contribution is 0.274. The Hall–Kier alpha value is -2.50. The molecule has 0 bridgehead atoms. The first-order valence-corrected chi connectivity index (χ1v) is 6.75. The van der Waals surface area contributed by atoms with Gasteiger partial charge in [0.15, 0.2) is 0 Å². The minimum absolute atomic E-state index is 0.103. The molecule has 1 N–H and O–H groups in total. The molecule has 21 heavy (non-hydrogen) atoms. The Morgan fingerprint density at radius 1 is 1.14 bits per heavy atom. The summed E-state index contributed by atoms with van der Waals surface area (Å²) < 4.78 is 16.0. The monoisotopic (exact) mass is 287 g/mol. The molecule has 0 saturated heterocycles. The molecule has 1 aliphatic heterocycles. The van der Waals surface area contributed by atoms with Gasteiger partial charge in [-0.25, -0.2) is 0 Å². The Labute approximate surface area is 123 Å². The number of anilines is 1. The van der Waals surface area contributed by atoms with Gasteiger partial charge >= 0.3 is 0 Å². The predicted octanol–water partition coefficient (Wildman–Crippen LogP) is 2.43. The van der Waals surface area contributed by atoms with Crippen molar-refractivity contribution in [1.82, 2.24) is 9.97 Å². The highest BCUT2D eigenvalue weighted by Crippen LogP contribution is 2.33. The Morgan fingerprint density at radius 2 is 1.86 bits per heavy atom. The third-order valence-corrected chi connectivity index (χ3v) is 3.36. The molecule has 110 valence electrons. The number of hydrogen-bond donors (Lipinski definition) is 1. The van der Waals surface area contributed by atoms with Crippen LogP contribution in [0.25, 0.3) is 0 Å². The van der Waals surface area contributed by atoms with Gasteiger partial charge in [-0.2, -0.15) is 9.97 Å². The van der Waals surface area contributed by atoms with E-state index in [4.69, 9.17) is 14.2 Å². The lowest BCUT2D eigenvalue weighted by atomic mass is 10.0. The third kappa shape index (κ3) is 2.84. The number of fused-ring (bicyclic) bond motifs is 1. The van der Waals surface area contributed by atoms with E-state index in [2.05, 4.69) is 15.3 Å². The maximum atomic E-state index is 5.65. The Balaban J connectivity index is 1.87. The van der Waals surface area contributed by atoms with Gasteiger partial charge in [-0.3, -0.25) is 0 Å². The minimum atomic E-state index is 0.103. The van der Waals surface area contributed by atoms with Gasteiger partial charge in [-0.05, 0) is 6.07 Å². The number of hydrogen-bond acceptors (Lipinski definition) is 6. The fourth-order valence-corrected chi connectivity index (χ4v) is 2.33. The maximum Gasteiger partial charge on any atom is 0.229 e. The van der Waals surface area contributed by atoms with E-state index in [0.717, 1.165) is 17.7 Å². The summed E-state index contributed by atoms with van der Waals surface area (Å²) in [6, 6.07) is 9.72. The van der Waals surface area contributed by atoms with Crippen LogP contribution in [0.5, 0.6) is 17.5 Å². The predicted molar refractivity (Wildman–Crippen MR) is 78.1 cm³/mol. The van der Waals surface area contributed by atoms with Crippen LogP contribution < -0.4 is 19.5 Å². The average molecular weight is 287 g/mol. The number of aromatic nitrogens is 2. The van der Waals surface area contributed by atoms with Gasteiger partial charge in [0.05, 0.1) is 32.9 Å². The summed E-state index contributed by atoms with van der Waals surface area (Å²) in [5.41, 5.74) is 1.11. The largest absolute Gasteiger partial charge is 0.493 e. The smallest absolute Gasteiger partial charge is 0.229 e. The molecule has 2 heterocycles. The van der Waals surface area contributed by atoms with Crippen molar-refractivity contribution >= 4 is 5.95 Å². The van der Waals surface area contributed by atoms with Crippen LogP contribution in [-0.4, -0.2) is 30.8 Å². The maximum absolute atomic E-state index is 5.65. The van der Waals surface area contributed by atoms with E-state index in [1.807, 2.05) is 24.3 Å². The number of nitrogens with zero attached hydrogens (tertiary/aromatic N) is 2. The molecule has 3 rings (SSSR count). The van der Waals surface area contributed by atoms with Gasteiger partial charge in [0, 0.05) is 12.0 Å². The van der Waals surface area contributed by atoms with Crippen LogP contribution >= 0.6 is 0 Å². The topological polar surface area (TPSA) is 65.5 Å². The molecule has 0 amide bonds. The van der Waals surface area contributed by atoms with Gasteiger partial charge in [-0.1, -0.05) is 18.2 Å². The Kier molecular flexibility index (Phi) is 3.77. The third-order valence-electron chi connectivity index (χ3n) is 3.36. The molecular formula is C15H17N3O3. The number of para-hydroxylation sites is 1. The van der Waals surface area contributed by atoms with Crippen molar-refractivity contribution in [2.24, 2.45) is 0 Å². The number of ether oxygens (including phenoxy) is 3. The quantitative estimate of drug-likeness (QED) is 0.931. The fraction of sp³-hybridized carbons (Fsp3) is 0.333. The van der Waals surface area contributed by atoms with Gasteiger partial charge in [0.1, 0.15) is 5.75 Å². The molecule has 0 aliphatic carbocycles. The van der Waals surface area contributed by atoms with Crippen LogP contribution in [0, 0.1) is 0 Å². The van der Waals surface area contributed by atoms with Gasteiger partial charge in [0.25, 0.3) is 0 Å². The van der Waals surface area contributed by atoms with E-state index in [1.165, 1.54) is 0 Å². The first-order valence-electron chi connectivity index (χ1n) is 6.75. The van der Waals surface area contributed by atoms with Crippen molar-refractivity contribution in [1.29, 1.82) is 0 Å². The first-order chi connectivity index (χ1) is 10.3. The molecule has 1 unspecified atom stereocenters. The summed E-state index contributed by atoms with van der Waals surface area (Å²) in [5, 5.41) is 3.32. The normalized spacial score (nSPS) is 16.6. The summed E-state index contributed by atoms with van der Waals surface area (Å²) in [7, 11) is 3.13. The number of nitrogens with one attached hydrogen (secondary N) is 1. The van der Waals surface area contributed by atoms with Gasteiger partial charge in [-0.15, -0.1) is 0 Å². The molecule has 0 spiro atoms. The summed E-state index contributed by atoms with van der Waals surface area (Å²) in [5.74, 6) is 2.30. The number of benzene rings is 1. The molecule has 1 aliphatic rings. The van der Waals surface area contributed by atoms with E-state index >= 15 is 0 Å².